The lowest BCUT2D eigenvalue weighted by Gasteiger charge is -2.20. The molecule has 0 fully saturated rings. The molecule has 1 N–H and O–H groups in total. The lowest BCUT2D eigenvalue weighted by Crippen LogP contribution is -2.22. The number of phenols is 1. The van der Waals surface area contributed by atoms with E-state index in [0.29, 0.717) is 29.2 Å². The number of Topliss-reactive ketones (excluding diaryl/α,β-unsaturated/α-hetero) is 1. The quantitative estimate of drug-likeness (QED) is 0.826. The van der Waals surface area contributed by atoms with Gasteiger partial charge >= 0.3 is 0 Å². The molecule has 0 saturated heterocycles. The van der Waals surface area contributed by atoms with Crippen molar-refractivity contribution in [3.05, 3.63) is 50.9 Å². The predicted molar refractivity (Wildman–Crippen MR) is 96.7 cm³/mol. The molecule has 1 aromatic carbocycles. The number of hydrogen-bond donors (Lipinski definition) is 1. The zero-order chi connectivity index (χ0) is 17.3. The third-order valence-corrected chi connectivity index (χ3v) is 5.13. The van der Waals surface area contributed by atoms with Crippen molar-refractivity contribution in [2.24, 2.45) is 0 Å². The summed E-state index contributed by atoms with van der Waals surface area (Å²) in [6, 6.07) is 5.54. The maximum absolute atomic E-state index is 12.7. The number of ether oxygens (including phenoxy) is 1. The number of aryl methyl sites for hydroxylation is 1. The highest BCUT2D eigenvalue weighted by Crippen LogP contribution is 2.42. The number of benzene rings is 1. The van der Waals surface area contributed by atoms with Crippen LogP contribution in [0, 0.1) is 6.92 Å². The Balaban J connectivity index is 2.04. The number of nitrogens with zero attached hydrogens (tertiary/aromatic N) is 1. The molecule has 0 saturated carbocycles. The summed E-state index contributed by atoms with van der Waals surface area (Å²) in [7, 11) is 0. The molecule has 0 bridgehead atoms. The second kappa shape index (κ2) is 6.79. The molecule has 0 aliphatic carbocycles. The van der Waals surface area contributed by atoms with E-state index >= 15 is 0 Å². The van der Waals surface area contributed by atoms with E-state index in [4.69, 9.17) is 4.74 Å². The van der Waals surface area contributed by atoms with Gasteiger partial charge in [0.15, 0.2) is 5.76 Å². The fourth-order valence-corrected chi connectivity index (χ4v) is 3.55. The molecule has 0 amide bonds. The van der Waals surface area contributed by atoms with Crippen LogP contribution in [0.4, 0.5) is 0 Å². The Morgan fingerprint density at radius 1 is 1.33 bits per heavy atom. The van der Waals surface area contributed by atoms with Gasteiger partial charge in [0.25, 0.3) is 0 Å². The second-order valence-corrected chi connectivity index (χ2v) is 6.79. The minimum Gasteiger partial charge on any atom is -0.507 e. The lowest BCUT2D eigenvalue weighted by atomic mass is 9.99. The Kier molecular flexibility index (Phi) is 4.73. The number of thiophene rings is 1. The molecule has 1 aliphatic rings. The van der Waals surface area contributed by atoms with Gasteiger partial charge in [0, 0.05) is 17.5 Å². The van der Waals surface area contributed by atoms with Crippen LogP contribution in [-0.4, -0.2) is 28.9 Å². The standard InChI is InChI=1S/C19H21NO3S/c1-4-20(5-2)11-14-15(21)9-12(3)17-18(22)16(23-19(14)17)10-13-7-6-8-24-13/h6-10,21H,4-5,11H2,1-3H3/b16-10-. The number of allylic oxidation sites excluding steroid dienone is 1. The molecule has 5 heteroatoms. The first-order valence-corrected chi connectivity index (χ1v) is 8.98. The first-order valence-electron chi connectivity index (χ1n) is 8.10. The van der Waals surface area contributed by atoms with Crippen molar-refractivity contribution in [3.63, 3.8) is 0 Å². The average molecular weight is 343 g/mol. The Bertz CT molecular complexity index is 789. The predicted octanol–water partition coefficient (Wildman–Crippen LogP) is 4.22. The minimum absolute atomic E-state index is 0.114. The van der Waals surface area contributed by atoms with Crippen LogP contribution in [0.15, 0.2) is 29.3 Å². The minimum atomic E-state index is -0.114. The van der Waals surface area contributed by atoms with Crippen molar-refractivity contribution in [1.29, 1.82) is 0 Å². The molecule has 0 radical (unpaired) electrons. The van der Waals surface area contributed by atoms with Crippen molar-refractivity contribution in [2.75, 3.05) is 13.1 Å². The van der Waals surface area contributed by atoms with Crippen LogP contribution in [0.2, 0.25) is 0 Å². The fraction of sp³-hybridized carbons (Fsp3) is 0.316. The monoisotopic (exact) mass is 343 g/mol. The van der Waals surface area contributed by atoms with Crippen LogP contribution in [0.25, 0.3) is 6.08 Å². The first-order chi connectivity index (χ1) is 11.5. The Morgan fingerprint density at radius 3 is 2.71 bits per heavy atom. The van der Waals surface area contributed by atoms with E-state index in [1.165, 1.54) is 0 Å². The highest BCUT2D eigenvalue weighted by Gasteiger charge is 2.33. The van der Waals surface area contributed by atoms with E-state index in [-0.39, 0.29) is 11.5 Å². The number of phenolic OH excluding ortho intramolecular Hbond substituents is 1. The largest absolute Gasteiger partial charge is 0.507 e. The topological polar surface area (TPSA) is 49.8 Å². The summed E-state index contributed by atoms with van der Waals surface area (Å²) in [5.74, 6) is 0.897. The van der Waals surface area contributed by atoms with Gasteiger partial charge in [-0.2, -0.15) is 0 Å². The highest BCUT2D eigenvalue weighted by atomic mass is 32.1. The number of rotatable bonds is 5. The maximum atomic E-state index is 12.7. The van der Waals surface area contributed by atoms with E-state index < -0.39 is 0 Å². The third kappa shape index (κ3) is 2.97. The van der Waals surface area contributed by atoms with E-state index in [2.05, 4.69) is 18.7 Å². The highest BCUT2D eigenvalue weighted by molar-refractivity contribution is 7.10. The normalized spacial score (nSPS) is 15.2. The molecule has 2 aromatic rings. The van der Waals surface area contributed by atoms with Crippen LogP contribution in [0.5, 0.6) is 11.5 Å². The van der Waals surface area contributed by atoms with Gasteiger partial charge in [0.2, 0.25) is 5.78 Å². The van der Waals surface area contributed by atoms with E-state index in [1.807, 2.05) is 24.4 Å². The van der Waals surface area contributed by atoms with Gasteiger partial charge < -0.3 is 9.84 Å². The number of carbonyl (C=O) groups excluding carboxylic acids is 1. The molecule has 24 heavy (non-hydrogen) atoms. The third-order valence-electron chi connectivity index (χ3n) is 4.31. The second-order valence-electron chi connectivity index (χ2n) is 5.81. The summed E-state index contributed by atoms with van der Waals surface area (Å²) >= 11 is 1.55. The van der Waals surface area contributed by atoms with Gasteiger partial charge in [-0.05, 0) is 43.1 Å². The molecule has 3 rings (SSSR count). The van der Waals surface area contributed by atoms with Crippen molar-refractivity contribution in [1.82, 2.24) is 4.90 Å². The molecule has 0 unspecified atom stereocenters. The van der Waals surface area contributed by atoms with Crippen LogP contribution in [0.1, 0.15) is 40.2 Å². The summed E-state index contributed by atoms with van der Waals surface area (Å²) in [4.78, 5) is 15.9. The smallest absolute Gasteiger partial charge is 0.232 e. The Labute approximate surface area is 146 Å². The molecule has 4 nitrogen and oxygen atoms in total. The van der Waals surface area contributed by atoms with Crippen molar-refractivity contribution in [2.45, 2.75) is 27.3 Å². The molecule has 1 aromatic heterocycles. The van der Waals surface area contributed by atoms with E-state index in [0.717, 1.165) is 23.5 Å². The van der Waals surface area contributed by atoms with Crippen LogP contribution in [0.3, 0.4) is 0 Å². The zero-order valence-corrected chi connectivity index (χ0v) is 14.9. The summed E-state index contributed by atoms with van der Waals surface area (Å²) in [5.41, 5.74) is 1.99. The Morgan fingerprint density at radius 2 is 2.08 bits per heavy atom. The van der Waals surface area contributed by atoms with Gasteiger partial charge in [0.05, 0.1) is 11.1 Å². The van der Waals surface area contributed by atoms with Gasteiger partial charge in [-0.1, -0.05) is 19.9 Å². The van der Waals surface area contributed by atoms with Crippen molar-refractivity contribution in [3.8, 4) is 11.5 Å². The number of ketones is 1. The number of hydrogen-bond acceptors (Lipinski definition) is 5. The van der Waals surface area contributed by atoms with Gasteiger partial charge in [-0.3, -0.25) is 9.69 Å². The molecule has 0 atom stereocenters. The molecular weight excluding hydrogens is 322 g/mol. The summed E-state index contributed by atoms with van der Waals surface area (Å²) < 4.78 is 5.91. The molecule has 1 aliphatic heterocycles. The molecular formula is C19H21NO3S. The Hall–Kier alpha value is -2.11. The van der Waals surface area contributed by atoms with Gasteiger partial charge in [0.1, 0.15) is 11.5 Å². The molecule has 0 spiro atoms. The van der Waals surface area contributed by atoms with E-state index in [1.54, 1.807) is 23.5 Å². The summed E-state index contributed by atoms with van der Waals surface area (Å²) in [6.07, 6.45) is 1.77. The SMILES string of the molecule is CCN(CC)Cc1c(O)cc(C)c2c1O/C(=C\c1cccs1)C2=O. The van der Waals surface area contributed by atoms with Gasteiger partial charge in [-0.15, -0.1) is 11.3 Å². The van der Waals surface area contributed by atoms with Crippen molar-refractivity contribution >= 4 is 23.2 Å². The number of fused-ring (bicyclic) bond motifs is 1. The number of carbonyl (C=O) groups is 1. The number of aromatic hydroxyl groups is 1. The summed E-state index contributed by atoms with van der Waals surface area (Å²) in [5, 5.41) is 12.3. The first kappa shape index (κ1) is 16.7. The zero-order valence-electron chi connectivity index (χ0n) is 14.1. The van der Waals surface area contributed by atoms with E-state index in [9.17, 15) is 9.90 Å². The van der Waals surface area contributed by atoms with Crippen molar-refractivity contribution < 1.29 is 14.6 Å². The van der Waals surface area contributed by atoms with Crippen LogP contribution in [-0.2, 0) is 6.54 Å². The fourth-order valence-electron chi connectivity index (χ4n) is 2.91. The lowest BCUT2D eigenvalue weighted by molar-refractivity contribution is 0.101. The summed E-state index contributed by atoms with van der Waals surface area (Å²) in [6.45, 7) is 8.26. The molecule has 126 valence electrons. The molecule has 2 heterocycles. The van der Waals surface area contributed by atoms with Gasteiger partial charge in [-0.25, -0.2) is 0 Å². The van der Waals surface area contributed by atoms with Crippen LogP contribution >= 0.6 is 11.3 Å². The van der Waals surface area contributed by atoms with Crippen LogP contribution < -0.4 is 4.74 Å². The average Bonchev–Trinajstić information content (AvgIpc) is 3.17. The maximum Gasteiger partial charge on any atom is 0.232 e.